The van der Waals surface area contributed by atoms with Crippen molar-refractivity contribution in [2.24, 2.45) is 0 Å². The van der Waals surface area contributed by atoms with Gasteiger partial charge in [-0.05, 0) is 30.0 Å². The predicted octanol–water partition coefficient (Wildman–Crippen LogP) is 4.69. The normalized spacial score (nSPS) is 10.3. The van der Waals surface area contributed by atoms with Crippen LogP contribution in [-0.2, 0) is 6.54 Å². The van der Waals surface area contributed by atoms with Crippen molar-refractivity contribution < 1.29 is 9.47 Å². The molecular weight excluding hydrogens is 306 g/mol. The van der Waals surface area contributed by atoms with Gasteiger partial charge in [-0.1, -0.05) is 23.7 Å². The first kappa shape index (κ1) is 15.9. The van der Waals surface area contributed by atoms with Crippen molar-refractivity contribution in [1.82, 2.24) is 0 Å². The van der Waals surface area contributed by atoms with Crippen molar-refractivity contribution in [3.05, 3.63) is 47.0 Å². The summed E-state index contributed by atoms with van der Waals surface area (Å²) in [4.78, 5) is 1.25. The molecular formula is C16H18ClNO2S. The number of thioether (sulfide) groups is 1. The first-order valence-corrected chi connectivity index (χ1v) is 8.06. The smallest absolute Gasteiger partial charge is 0.145 e. The topological polar surface area (TPSA) is 30.5 Å². The molecule has 0 saturated carbocycles. The van der Waals surface area contributed by atoms with E-state index in [1.54, 1.807) is 32.0 Å². The van der Waals surface area contributed by atoms with Crippen LogP contribution in [-0.4, -0.2) is 20.5 Å². The van der Waals surface area contributed by atoms with E-state index in [1.165, 1.54) is 10.5 Å². The Labute approximate surface area is 134 Å². The van der Waals surface area contributed by atoms with Crippen LogP contribution in [0.5, 0.6) is 11.5 Å². The second-order valence-electron chi connectivity index (χ2n) is 4.39. The molecule has 0 aromatic heterocycles. The largest absolute Gasteiger partial charge is 0.495 e. The number of anilines is 1. The highest BCUT2D eigenvalue weighted by Gasteiger charge is 2.09. The second-order valence-corrected chi connectivity index (χ2v) is 5.68. The number of ether oxygens (including phenoxy) is 2. The zero-order valence-electron chi connectivity index (χ0n) is 12.3. The van der Waals surface area contributed by atoms with Gasteiger partial charge >= 0.3 is 0 Å². The molecule has 2 aromatic carbocycles. The van der Waals surface area contributed by atoms with Crippen molar-refractivity contribution in [1.29, 1.82) is 0 Å². The van der Waals surface area contributed by atoms with E-state index in [2.05, 4.69) is 35.8 Å². The fraction of sp³-hybridized carbons (Fsp3) is 0.250. The third-order valence-electron chi connectivity index (χ3n) is 3.12. The standard InChI is InChI=1S/C16H18ClNO2S/c1-19-15-9-16(20-2)14(8-13(15)17)18-10-11-4-6-12(21-3)7-5-11/h4-9,18H,10H2,1-3H3. The summed E-state index contributed by atoms with van der Waals surface area (Å²) in [6.45, 7) is 0.702. The Hall–Kier alpha value is -1.52. The summed E-state index contributed by atoms with van der Waals surface area (Å²) in [6.07, 6.45) is 2.07. The maximum absolute atomic E-state index is 6.16. The summed E-state index contributed by atoms with van der Waals surface area (Å²) in [6, 6.07) is 12.0. The van der Waals surface area contributed by atoms with Gasteiger partial charge < -0.3 is 14.8 Å². The SMILES string of the molecule is COc1cc(OC)c(NCc2ccc(SC)cc2)cc1Cl. The van der Waals surface area contributed by atoms with Gasteiger partial charge in [-0.2, -0.15) is 0 Å². The Morgan fingerprint density at radius 1 is 1.05 bits per heavy atom. The molecule has 0 aliphatic carbocycles. The summed E-state index contributed by atoms with van der Waals surface area (Å²) < 4.78 is 10.6. The molecule has 0 saturated heterocycles. The van der Waals surface area contributed by atoms with Gasteiger partial charge in [0.25, 0.3) is 0 Å². The number of hydrogen-bond donors (Lipinski definition) is 1. The van der Waals surface area contributed by atoms with Gasteiger partial charge in [-0.25, -0.2) is 0 Å². The lowest BCUT2D eigenvalue weighted by Crippen LogP contribution is -2.02. The van der Waals surface area contributed by atoms with Crippen LogP contribution < -0.4 is 14.8 Å². The van der Waals surface area contributed by atoms with Crippen LogP contribution in [0.4, 0.5) is 5.69 Å². The number of halogens is 1. The fourth-order valence-electron chi connectivity index (χ4n) is 1.94. The predicted molar refractivity (Wildman–Crippen MR) is 90.1 cm³/mol. The third-order valence-corrected chi connectivity index (χ3v) is 4.15. The second kappa shape index (κ2) is 7.48. The molecule has 112 valence electrons. The van der Waals surface area contributed by atoms with E-state index >= 15 is 0 Å². The Morgan fingerprint density at radius 2 is 1.71 bits per heavy atom. The Balaban J connectivity index is 2.13. The monoisotopic (exact) mass is 323 g/mol. The average Bonchev–Trinajstić information content (AvgIpc) is 2.53. The summed E-state index contributed by atoms with van der Waals surface area (Å²) in [7, 11) is 3.21. The lowest BCUT2D eigenvalue weighted by molar-refractivity contribution is 0.395. The molecule has 1 N–H and O–H groups in total. The third kappa shape index (κ3) is 3.99. The molecule has 0 aliphatic rings. The summed E-state index contributed by atoms with van der Waals surface area (Å²) in [5.41, 5.74) is 2.04. The first-order chi connectivity index (χ1) is 10.2. The van der Waals surface area contributed by atoms with Gasteiger partial charge in [-0.15, -0.1) is 11.8 Å². The molecule has 0 atom stereocenters. The van der Waals surface area contributed by atoms with Gasteiger partial charge in [0.15, 0.2) is 0 Å². The van der Waals surface area contributed by atoms with Crippen LogP contribution in [0.25, 0.3) is 0 Å². The minimum Gasteiger partial charge on any atom is -0.495 e. The maximum Gasteiger partial charge on any atom is 0.145 e. The molecule has 5 heteroatoms. The van der Waals surface area contributed by atoms with E-state index in [4.69, 9.17) is 21.1 Å². The van der Waals surface area contributed by atoms with Crippen LogP contribution in [0.3, 0.4) is 0 Å². The molecule has 2 rings (SSSR count). The molecule has 0 heterocycles. The van der Waals surface area contributed by atoms with Gasteiger partial charge in [0.2, 0.25) is 0 Å². The molecule has 21 heavy (non-hydrogen) atoms. The quantitative estimate of drug-likeness (QED) is 0.781. The number of methoxy groups -OCH3 is 2. The molecule has 0 aliphatic heterocycles. The van der Waals surface area contributed by atoms with E-state index in [-0.39, 0.29) is 0 Å². The molecule has 3 nitrogen and oxygen atoms in total. The molecule has 0 bridgehead atoms. The molecule has 2 aromatic rings. The van der Waals surface area contributed by atoms with Crippen LogP contribution in [0.1, 0.15) is 5.56 Å². The highest BCUT2D eigenvalue weighted by atomic mass is 35.5. The molecule has 0 unspecified atom stereocenters. The number of rotatable bonds is 6. The van der Waals surface area contributed by atoms with E-state index in [9.17, 15) is 0 Å². The Morgan fingerprint density at radius 3 is 2.29 bits per heavy atom. The van der Waals surface area contributed by atoms with Crippen LogP contribution in [0.15, 0.2) is 41.3 Å². The first-order valence-electron chi connectivity index (χ1n) is 6.46. The lowest BCUT2D eigenvalue weighted by atomic mass is 10.2. The Bertz CT molecular complexity index is 602. The van der Waals surface area contributed by atoms with Crippen LogP contribution in [0.2, 0.25) is 5.02 Å². The van der Waals surface area contributed by atoms with Crippen molar-refractivity contribution in [3.63, 3.8) is 0 Å². The summed E-state index contributed by atoms with van der Waals surface area (Å²) in [5.74, 6) is 1.31. The summed E-state index contributed by atoms with van der Waals surface area (Å²) in [5, 5.41) is 3.89. The summed E-state index contributed by atoms with van der Waals surface area (Å²) >= 11 is 7.89. The van der Waals surface area contributed by atoms with E-state index in [1.807, 2.05) is 6.07 Å². The van der Waals surface area contributed by atoms with E-state index < -0.39 is 0 Å². The van der Waals surface area contributed by atoms with E-state index in [0.717, 1.165) is 5.69 Å². The average molecular weight is 324 g/mol. The Kier molecular flexibility index (Phi) is 5.65. The van der Waals surface area contributed by atoms with Gasteiger partial charge in [0.05, 0.1) is 24.9 Å². The van der Waals surface area contributed by atoms with Crippen LogP contribution >= 0.6 is 23.4 Å². The zero-order chi connectivity index (χ0) is 15.2. The number of benzene rings is 2. The van der Waals surface area contributed by atoms with Crippen LogP contribution in [0, 0.1) is 0 Å². The van der Waals surface area contributed by atoms with E-state index in [0.29, 0.717) is 23.1 Å². The van der Waals surface area contributed by atoms with Gasteiger partial charge in [0, 0.05) is 17.5 Å². The van der Waals surface area contributed by atoms with Gasteiger partial charge in [0.1, 0.15) is 11.5 Å². The van der Waals surface area contributed by atoms with Crippen molar-refractivity contribution in [2.45, 2.75) is 11.4 Å². The highest BCUT2D eigenvalue weighted by molar-refractivity contribution is 7.98. The van der Waals surface area contributed by atoms with Crippen molar-refractivity contribution in [2.75, 3.05) is 25.8 Å². The van der Waals surface area contributed by atoms with Crippen molar-refractivity contribution >= 4 is 29.1 Å². The molecule has 0 amide bonds. The highest BCUT2D eigenvalue weighted by Crippen LogP contribution is 2.36. The maximum atomic E-state index is 6.16. The minimum absolute atomic E-state index is 0.554. The fourth-order valence-corrected chi connectivity index (χ4v) is 2.59. The number of hydrogen-bond acceptors (Lipinski definition) is 4. The van der Waals surface area contributed by atoms with Crippen molar-refractivity contribution in [3.8, 4) is 11.5 Å². The molecule has 0 radical (unpaired) electrons. The minimum atomic E-state index is 0.554. The molecule has 0 spiro atoms. The zero-order valence-corrected chi connectivity index (χ0v) is 13.8. The van der Waals surface area contributed by atoms with Gasteiger partial charge in [-0.3, -0.25) is 0 Å². The lowest BCUT2D eigenvalue weighted by Gasteiger charge is -2.14. The number of nitrogens with one attached hydrogen (secondary N) is 1. The molecule has 0 fully saturated rings.